The molecule has 4 heteroatoms. The van der Waals surface area contributed by atoms with Crippen LogP contribution in [0, 0.1) is 13.8 Å². The van der Waals surface area contributed by atoms with Crippen molar-refractivity contribution in [3.8, 4) is 0 Å². The molecule has 0 spiro atoms. The highest BCUT2D eigenvalue weighted by Crippen LogP contribution is 2.14. The lowest BCUT2D eigenvalue weighted by Gasteiger charge is -2.08. The molecule has 0 unspecified atom stereocenters. The number of aromatic nitrogens is 1. The summed E-state index contributed by atoms with van der Waals surface area (Å²) in [6.07, 6.45) is 0. The van der Waals surface area contributed by atoms with Crippen molar-refractivity contribution < 1.29 is 9.53 Å². The van der Waals surface area contributed by atoms with E-state index in [1.54, 1.807) is 18.2 Å². The van der Waals surface area contributed by atoms with E-state index in [1.807, 2.05) is 44.2 Å². The number of fused-ring (bicyclic) bond motifs is 1. The highest BCUT2D eigenvalue weighted by molar-refractivity contribution is 5.91. The standard InChI is InChI=1S/C19H17NO3/c1-12-7-8-17-14(9-12)10-15(18(21)20-17)11-23-19(22)16-6-4-3-5-13(16)2/h3-10H,11H2,1-2H3,(H,20,21). The number of rotatable bonds is 3. The maximum absolute atomic E-state index is 12.1. The van der Waals surface area contributed by atoms with Crippen molar-refractivity contribution in [1.29, 1.82) is 0 Å². The fourth-order valence-corrected chi connectivity index (χ4v) is 2.50. The Balaban J connectivity index is 1.84. The minimum atomic E-state index is -0.424. The zero-order valence-electron chi connectivity index (χ0n) is 13.1. The van der Waals surface area contributed by atoms with Crippen LogP contribution < -0.4 is 5.56 Å². The number of pyridine rings is 1. The molecule has 0 bridgehead atoms. The van der Waals surface area contributed by atoms with Crippen molar-refractivity contribution in [2.45, 2.75) is 20.5 Å². The maximum atomic E-state index is 12.1. The van der Waals surface area contributed by atoms with Crippen LogP contribution in [0.5, 0.6) is 0 Å². The molecular weight excluding hydrogens is 290 g/mol. The molecule has 1 aromatic heterocycles. The molecule has 1 N–H and O–H groups in total. The number of H-pyrrole nitrogens is 1. The molecule has 116 valence electrons. The minimum Gasteiger partial charge on any atom is -0.457 e. The van der Waals surface area contributed by atoms with Gasteiger partial charge in [-0.25, -0.2) is 4.79 Å². The molecule has 3 aromatic rings. The number of aryl methyl sites for hydroxylation is 2. The van der Waals surface area contributed by atoms with Crippen LogP contribution in [0.4, 0.5) is 0 Å². The van der Waals surface area contributed by atoms with Crippen LogP contribution in [-0.4, -0.2) is 11.0 Å². The third-order valence-corrected chi connectivity index (χ3v) is 3.80. The summed E-state index contributed by atoms with van der Waals surface area (Å²) in [4.78, 5) is 27.0. The number of carbonyl (C=O) groups excluding carboxylic acids is 1. The molecule has 0 saturated heterocycles. The van der Waals surface area contributed by atoms with Crippen molar-refractivity contribution in [3.63, 3.8) is 0 Å². The summed E-state index contributed by atoms with van der Waals surface area (Å²) in [7, 11) is 0. The van der Waals surface area contributed by atoms with Gasteiger partial charge in [0, 0.05) is 5.52 Å². The molecule has 0 radical (unpaired) electrons. The van der Waals surface area contributed by atoms with Crippen molar-refractivity contribution in [2.24, 2.45) is 0 Å². The Morgan fingerprint density at radius 1 is 1.09 bits per heavy atom. The van der Waals surface area contributed by atoms with Crippen LogP contribution in [0.1, 0.15) is 27.0 Å². The van der Waals surface area contributed by atoms with Crippen LogP contribution in [0.15, 0.2) is 53.3 Å². The van der Waals surface area contributed by atoms with Crippen molar-refractivity contribution in [1.82, 2.24) is 4.98 Å². The van der Waals surface area contributed by atoms with E-state index in [-0.39, 0.29) is 12.2 Å². The predicted molar refractivity (Wildman–Crippen MR) is 89.6 cm³/mol. The van der Waals surface area contributed by atoms with Gasteiger partial charge in [0.25, 0.3) is 5.56 Å². The number of aromatic amines is 1. The van der Waals surface area contributed by atoms with E-state index in [0.717, 1.165) is 22.0 Å². The Kier molecular flexibility index (Phi) is 3.98. The van der Waals surface area contributed by atoms with Gasteiger partial charge in [-0.1, -0.05) is 29.8 Å². The van der Waals surface area contributed by atoms with E-state index in [2.05, 4.69) is 4.98 Å². The van der Waals surface area contributed by atoms with Gasteiger partial charge >= 0.3 is 5.97 Å². The summed E-state index contributed by atoms with van der Waals surface area (Å²) in [6, 6.07) is 14.8. The molecule has 4 nitrogen and oxygen atoms in total. The zero-order chi connectivity index (χ0) is 16.4. The summed E-state index contributed by atoms with van der Waals surface area (Å²) < 4.78 is 5.30. The summed E-state index contributed by atoms with van der Waals surface area (Å²) >= 11 is 0. The number of hydrogen-bond donors (Lipinski definition) is 1. The van der Waals surface area contributed by atoms with Gasteiger partial charge in [-0.2, -0.15) is 0 Å². The lowest BCUT2D eigenvalue weighted by molar-refractivity contribution is 0.0470. The van der Waals surface area contributed by atoms with Crippen LogP contribution in [0.3, 0.4) is 0 Å². The van der Waals surface area contributed by atoms with E-state index in [9.17, 15) is 9.59 Å². The monoisotopic (exact) mass is 307 g/mol. The van der Waals surface area contributed by atoms with E-state index >= 15 is 0 Å². The van der Waals surface area contributed by atoms with Crippen molar-refractivity contribution >= 4 is 16.9 Å². The highest BCUT2D eigenvalue weighted by atomic mass is 16.5. The largest absolute Gasteiger partial charge is 0.457 e. The first kappa shape index (κ1) is 15.0. The topological polar surface area (TPSA) is 59.2 Å². The average molecular weight is 307 g/mol. The first-order chi connectivity index (χ1) is 11.0. The normalized spacial score (nSPS) is 10.7. The molecule has 0 fully saturated rings. The molecule has 0 atom stereocenters. The van der Waals surface area contributed by atoms with Gasteiger partial charge in [0.15, 0.2) is 0 Å². The lowest BCUT2D eigenvalue weighted by atomic mass is 10.1. The van der Waals surface area contributed by atoms with Crippen molar-refractivity contribution in [2.75, 3.05) is 0 Å². The van der Waals surface area contributed by atoms with Crippen molar-refractivity contribution in [3.05, 3.63) is 81.1 Å². The molecule has 0 amide bonds. The molecule has 23 heavy (non-hydrogen) atoms. The Hall–Kier alpha value is -2.88. The van der Waals surface area contributed by atoms with Gasteiger partial charge < -0.3 is 9.72 Å². The van der Waals surface area contributed by atoms with E-state index < -0.39 is 5.97 Å². The Labute approximate surface area is 133 Å². The van der Waals surface area contributed by atoms with Gasteiger partial charge in [-0.05, 0) is 49.1 Å². The fourth-order valence-electron chi connectivity index (χ4n) is 2.50. The van der Waals surface area contributed by atoms with Crippen LogP contribution in [0.2, 0.25) is 0 Å². The van der Waals surface area contributed by atoms with Gasteiger partial charge in [0.1, 0.15) is 6.61 Å². The van der Waals surface area contributed by atoms with E-state index in [0.29, 0.717) is 11.1 Å². The average Bonchev–Trinajstić information content (AvgIpc) is 2.53. The lowest BCUT2D eigenvalue weighted by Crippen LogP contribution is -2.16. The Morgan fingerprint density at radius 2 is 1.87 bits per heavy atom. The number of esters is 1. The number of hydrogen-bond acceptors (Lipinski definition) is 3. The van der Waals surface area contributed by atoms with Crippen LogP contribution in [-0.2, 0) is 11.3 Å². The third-order valence-electron chi connectivity index (χ3n) is 3.80. The SMILES string of the molecule is Cc1ccc2[nH]c(=O)c(COC(=O)c3ccccc3C)cc2c1. The van der Waals surface area contributed by atoms with Gasteiger partial charge in [-0.3, -0.25) is 4.79 Å². The molecule has 0 aliphatic heterocycles. The smallest absolute Gasteiger partial charge is 0.338 e. The summed E-state index contributed by atoms with van der Waals surface area (Å²) in [5, 5.41) is 0.923. The van der Waals surface area contributed by atoms with E-state index in [1.165, 1.54) is 0 Å². The van der Waals surface area contributed by atoms with E-state index in [4.69, 9.17) is 4.74 Å². The second-order valence-corrected chi connectivity index (χ2v) is 5.61. The molecule has 0 saturated carbocycles. The summed E-state index contributed by atoms with van der Waals surface area (Å²) in [5.74, 6) is -0.424. The van der Waals surface area contributed by atoms with Crippen LogP contribution in [0.25, 0.3) is 10.9 Å². The highest BCUT2D eigenvalue weighted by Gasteiger charge is 2.11. The molecule has 0 aliphatic carbocycles. The molecule has 0 aliphatic rings. The molecule has 1 heterocycles. The number of nitrogens with one attached hydrogen (secondary N) is 1. The molecule has 3 rings (SSSR count). The molecular formula is C19H17NO3. The third kappa shape index (κ3) is 3.16. The fraction of sp³-hybridized carbons (Fsp3) is 0.158. The Morgan fingerprint density at radius 3 is 2.65 bits per heavy atom. The summed E-state index contributed by atoms with van der Waals surface area (Å²) in [5.41, 5.74) is 3.44. The van der Waals surface area contributed by atoms with Gasteiger partial charge in [0.05, 0.1) is 11.1 Å². The zero-order valence-corrected chi connectivity index (χ0v) is 13.1. The first-order valence-corrected chi connectivity index (χ1v) is 7.40. The number of benzene rings is 2. The number of carbonyl (C=O) groups is 1. The Bertz CT molecular complexity index is 941. The summed E-state index contributed by atoms with van der Waals surface area (Å²) in [6.45, 7) is 3.79. The minimum absolute atomic E-state index is 0.0492. The second kappa shape index (κ2) is 6.08. The second-order valence-electron chi connectivity index (χ2n) is 5.61. The number of ether oxygens (including phenoxy) is 1. The molecule has 2 aromatic carbocycles. The van der Waals surface area contributed by atoms with Crippen LogP contribution >= 0.6 is 0 Å². The van der Waals surface area contributed by atoms with Gasteiger partial charge in [-0.15, -0.1) is 0 Å². The predicted octanol–water partition coefficient (Wildman–Crippen LogP) is 3.50. The maximum Gasteiger partial charge on any atom is 0.338 e. The quantitative estimate of drug-likeness (QED) is 0.753. The van der Waals surface area contributed by atoms with Gasteiger partial charge in [0.2, 0.25) is 0 Å². The first-order valence-electron chi connectivity index (χ1n) is 7.40.